The lowest BCUT2D eigenvalue weighted by molar-refractivity contribution is -0.137. The number of carbonyl (C=O) groups is 2. The molecule has 0 aliphatic carbocycles. The Morgan fingerprint density at radius 1 is 1.35 bits per heavy atom. The summed E-state index contributed by atoms with van der Waals surface area (Å²) in [5.41, 5.74) is 1.31. The van der Waals surface area contributed by atoms with Crippen LogP contribution in [0, 0.1) is 0 Å². The molecule has 106 valence electrons. The molecule has 0 bridgehead atoms. The Hall–Kier alpha value is -2.30. The molecule has 0 fully saturated rings. The van der Waals surface area contributed by atoms with Crippen LogP contribution in [0.25, 0.3) is 10.9 Å². The zero-order chi connectivity index (χ0) is 14.5. The standard InChI is InChI=1S/C15H18N2O3/c1-2-4-11(9-13(18)19)17-15(20)12-6-3-5-10-7-8-16-14(10)12/h3,5-8,11,16H,2,4,9H2,1H3,(H,17,20)(H,18,19). The van der Waals surface area contributed by atoms with E-state index in [2.05, 4.69) is 10.3 Å². The summed E-state index contributed by atoms with van der Waals surface area (Å²) in [5, 5.41) is 12.6. The van der Waals surface area contributed by atoms with E-state index in [-0.39, 0.29) is 18.4 Å². The highest BCUT2D eigenvalue weighted by Gasteiger charge is 2.17. The first-order valence-electron chi connectivity index (χ1n) is 6.70. The highest BCUT2D eigenvalue weighted by molar-refractivity contribution is 6.05. The molecule has 0 saturated carbocycles. The molecule has 1 heterocycles. The Balaban J connectivity index is 2.17. The number of fused-ring (bicyclic) bond motifs is 1. The molecule has 1 atom stereocenters. The van der Waals surface area contributed by atoms with Gasteiger partial charge in [0.05, 0.1) is 17.5 Å². The lowest BCUT2D eigenvalue weighted by Crippen LogP contribution is -2.36. The summed E-state index contributed by atoms with van der Waals surface area (Å²) in [6.45, 7) is 1.96. The van der Waals surface area contributed by atoms with E-state index in [0.717, 1.165) is 17.3 Å². The van der Waals surface area contributed by atoms with E-state index in [1.165, 1.54) is 0 Å². The van der Waals surface area contributed by atoms with Gasteiger partial charge in [-0.05, 0) is 18.6 Å². The number of rotatable bonds is 6. The highest BCUT2D eigenvalue weighted by atomic mass is 16.4. The molecule has 1 unspecified atom stereocenters. The molecule has 0 aliphatic rings. The number of carbonyl (C=O) groups excluding carboxylic acids is 1. The fraction of sp³-hybridized carbons (Fsp3) is 0.333. The minimum atomic E-state index is -0.901. The summed E-state index contributed by atoms with van der Waals surface area (Å²) >= 11 is 0. The van der Waals surface area contributed by atoms with Crippen molar-refractivity contribution in [3.63, 3.8) is 0 Å². The van der Waals surface area contributed by atoms with E-state index >= 15 is 0 Å². The van der Waals surface area contributed by atoms with Gasteiger partial charge in [-0.3, -0.25) is 9.59 Å². The zero-order valence-electron chi connectivity index (χ0n) is 11.3. The van der Waals surface area contributed by atoms with Gasteiger partial charge in [-0.2, -0.15) is 0 Å². The average Bonchev–Trinajstić information content (AvgIpc) is 2.85. The van der Waals surface area contributed by atoms with Gasteiger partial charge in [0.15, 0.2) is 0 Å². The number of aliphatic carboxylic acids is 1. The Kier molecular flexibility index (Phi) is 4.40. The van der Waals surface area contributed by atoms with Crippen LogP contribution in [-0.4, -0.2) is 28.0 Å². The first kappa shape index (κ1) is 14.1. The zero-order valence-corrected chi connectivity index (χ0v) is 11.3. The maximum absolute atomic E-state index is 12.3. The third-order valence-corrected chi connectivity index (χ3v) is 3.23. The molecule has 0 saturated heterocycles. The summed E-state index contributed by atoms with van der Waals surface area (Å²) in [6, 6.07) is 7.03. The van der Waals surface area contributed by atoms with Crippen LogP contribution in [-0.2, 0) is 4.79 Å². The van der Waals surface area contributed by atoms with Crippen molar-refractivity contribution in [1.29, 1.82) is 0 Å². The quantitative estimate of drug-likeness (QED) is 0.757. The van der Waals surface area contributed by atoms with E-state index in [4.69, 9.17) is 5.11 Å². The molecule has 1 aromatic carbocycles. The van der Waals surface area contributed by atoms with Crippen LogP contribution in [0.5, 0.6) is 0 Å². The Morgan fingerprint density at radius 2 is 2.15 bits per heavy atom. The van der Waals surface area contributed by atoms with Crippen molar-refractivity contribution in [2.75, 3.05) is 0 Å². The maximum Gasteiger partial charge on any atom is 0.305 e. The van der Waals surface area contributed by atoms with Crippen LogP contribution >= 0.6 is 0 Å². The van der Waals surface area contributed by atoms with Crippen molar-refractivity contribution in [2.45, 2.75) is 32.2 Å². The van der Waals surface area contributed by atoms with Crippen LogP contribution in [0.3, 0.4) is 0 Å². The average molecular weight is 274 g/mol. The van der Waals surface area contributed by atoms with Gasteiger partial charge in [0.25, 0.3) is 5.91 Å². The number of carboxylic acids is 1. The van der Waals surface area contributed by atoms with Crippen LogP contribution in [0.2, 0.25) is 0 Å². The van der Waals surface area contributed by atoms with Crippen molar-refractivity contribution in [1.82, 2.24) is 10.3 Å². The maximum atomic E-state index is 12.3. The summed E-state index contributed by atoms with van der Waals surface area (Å²) in [7, 11) is 0. The molecule has 5 heteroatoms. The second-order valence-corrected chi connectivity index (χ2v) is 4.80. The van der Waals surface area contributed by atoms with E-state index in [1.54, 1.807) is 12.3 Å². The van der Waals surface area contributed by atoms with Gasteiger partial charge in [0.1, 0.15) is 0 Å². The third-order valence-electron chi connectivity index (χ3n) is 3.23. The van der Waals surface area contributed by atoms with Crippen molar-refractivity contribution in [2.24, 2.45) is 0 Å². The Labute approximate surface area is 117 Å². The first-order valence-corrected chi connectivity index (χ1v) is 6.70. The summed E-state index contributed by atoms with van der Waals surface area (Å²) in [5.74, 6) is -1.14. The SMILES string of the molecule is CCCC(CC(=O)O)NC(=O)c1cccc2cc[nH]c12. The second-order valence-electron chi connectivity index (χ2n) is 4.80. The number of aromatic amines is 1. The lowest BCUT2D eigenvalue weighted by atomic mass is 10.1. The predicted octanol–water partition coefficient (Wildman–Crippen LogP) is 2.54. The van der Waals surface area contributed by atoms with E-state index in [1.807, 2.05) is 25.1 Å². The smallest absolute Gasteiger partial charge is 0.305 e. The van der Waals surface area contributed by atoms with Gasteiger partial charge in [-0.25, -0.2) is 0 Å². The minimum Gasteiger partial charge on any atom is -0.481 e. The van der Waals surface area contributed by atoms with Crippen molar-refractivity contribution in [3.8, 4) is 0 Å². The first-order chi connectivity index (χ1) is 9.61. The third kappa shape index (κ3) is 3.17. The van der Waals surface area contributed by atoms with Crippen LogP contribution in [0.1, 0.15) is 36.5 Å². The number of benzene rings is 1. The predicted molar refractivity (Wildman–Crippen MR) is 76.7 cm³/mol. The van der Waals surface area contributed by atoms with Crippen molar-refractivity contribution in [3.05, 3.63) is 36.0 Å². The molecule has 1 amide bonds. The Morgan fingerprint density at radius 3 is 2.85 bits per heavy atom. The summed E-state index contributed by atoms with van der Waals surface area (Å²) in [4.78, 5) is 26.2. The number of hydrogen-bond donors (Lipinski definition) is 3. The van der Waals surface area contributed by atoms with E-state index < -0.39 is 5.97 Å². The molecule has 0 radical (unpaired) electrons. The molecule has 5 nitrogen and oxygen atoms in total. The number of amides is 1. The van der Waals surface area contributed by atoms with Gasteiger partial charge < -0.3 is 15.4 Å². The molecule has 3 N–H and O–H groups in total. The number of para-hydroxylation sites is 1. The van der Waals surface area contributed by atoms with Gasteiger partial charge in [0.2, 0.25) is 0 Å². The highest BCUT2D eigenvalue weighted by Crippen LogP contribution is 2.17. The topological polar surface area (TPSA) is 82.2 Å². The molecular formula is C15H18N2O3. The van der Waals surface area contributed by atoms with Crippen molar-refractivity contribution >= 4 is 22.8 Å². The fourth-order valence-corrected chi connectivity index (χ4v) is 2.32. The lowest BCUT2D eigenvalue weighted by Gasteiger charge is -2.16. The number of carboxylic acid groups (broad SMARTS) is 1. The van der Waals surface area contributed by atoms with E-state index in [9.17, 15) is 9.59 Å². The molecule has 2 aromatic rings. The molecule has 20 heavy (non-hydrogen) atoms. The monoisotopic (exact) mass is 274 g/mol. The number of H-pyrrole nitrogens is 1. The van der Waals surface area contributed by atoms with Crippen LogP contribution in [0.4, 0.5) is 0 Å². The number of aromatic nitrogens is 1. The Bertz CT molecular complexity index is 618. The fourth-order valence-electron chi connectivity index (χ4n) is 2.32. The largest absolute Gasteiger partial charge is 0.481 e. The summed E-state index contributed by atoms with van der Waals surface area (Å²) in [6.07, 6.45) is 3.20. The summed E-state index contributed by atoms with van der Waals surface area (Å²) < 4.78 is 0. The van der Waals surface area contributed by atoms with E-state index in [0.29, 0.717) is 12.0 Å². The van der Waals surface area contributed by atoms with Gasteiger partial charge in [-0.1, -0.05) is 25.5 Å². The number of nitrogens with one attached hydrogen (secondary N) is 2. The van der Waals surface area contributed by atoms with Crippen molar-refractivity contribution < 1.29 is 14.7 Å². The van der Waals surface area contributed by atoms with Gasteiger partial charge in [-0.15, -0.1) is 0 Å². The van der Waals surface area contributed by atoms with Gasteiger partial charge in [0, 0.05) is 17.6 Å². The number of hydrogen-bond acceptors (Lipinski definition) is 2. The normalized spacial score (nSPS) is 12.2. The molecule has 1 aromatic heterocycles. The second kappa shape index (κ2) is 6.23. The van der Waals surface area contributed by atoms with Crippen LogP contribution in [0.15, 0.2) is 30.5 Å². The molecular weight excluding hydrogens is 256 g/mol. The van der Waals surface area contributed by atoms with Gasteiger partial charge >= 0.3 is 5.97 Å². The minimum absolute atomic E-state index is 0.0553. The molecule has 2 rings (SSSR count). The molecule has 0 spiro atoms. The van der Waals surface area contributed by atoms with Crippen LogP contribution < -0.4 is 5.32 Å². The molecule has 0 aliphatic heterocycles.